The molecule has 5 atom stereocenters. The monoisotopic (exact) mass is 216 g/mol. The first-order valence-electron chi connectivity index (χ1n) is 5.41. The van der Waals surface area contributed by atoms with Crippen molar-refractivity contribution in [2.45, 2.75) is 31.8 Å². The predicted molar refractivity (Wildman–Crippen MR) is 52.1 cm³/mol. The van der Waals surface area contributed by atoms with E-state index in [0.717, 1.165) is 42.8 Å². The molecule has 3 aliphatic rings. The van der Waals surface area contributed by atoms with Crippen LogP contribution in [0.15, 0.2) is 0 Å². The van der Waals surface area contributed by atoms with Crippen LogP contribution in [0.4, 0.5) is 0 Å². The second-order valence-corrected chi connectivity index (χ2v) is 6.81. The highest BCUT2D eigenvalue weighted by Gasteiger charge is 2.57. The average molecular weight is 216 g/mol. The first-order chi connectivity index (χ1) is 6.53. The van der Waals surface area contributed by atoms with Gasteiger partial charge in [-0.15, -0.1) is 0 Å². The quantitative estimate of drug-likeness (QED) is 0.655. The molecule has 0 saturated heterocycles. The number of hydrogen-bond acceptors (Lipinski definition) is 3. The van der Waals surface area contributed by atoms with E-state index in [9.17, 15) is 8.42 Å². The lowest BCUT2D eigenvalue weighted by molar-refractivity contribution is 0.110. The first-order valence-corrected chi connectivity index (χ1v) is 7.23. The molecule has 0 aromatic carbocycles. The minimum atomic E-state index is -3.25. The molecule has 0 heterocycles. The molecule has 0 aromatic rings. The van der Waals surface area contributed by atoms with Gasteiger partial charge in [0.15, 0.2) is 0 Å². The normalized spacial score (nSPS) is 50.2. The van der Waals surface area contributed by atoms with Gasteiger partial charge >= 0.3 is 0 Å². The molecule has 3 saturated carbocycles. The van der Waals surface area contributed by atoms with Crippen molar-refractivity contribution in [3.05, 3.63) is 0 Å². The Hall–Kier alpha value is -0.0900. The summed E-state index contributed by atoms with van der Waals surface area (Å²) in [6, 6.07) is 0. The Morgan fingerprint density at radius 3 is 2.07 bits per heavy atom. The second-order valence-electron chi connectivity index (χ2n) is 5.21. The smallest absolute Gasteiger partial charge is 0.264 e. The number of rotatable bonds is 2. The zero-order valence-electron chi connectivity index (χ0n) is 8.35. The Balaban J connectivity index is 1.69. The van der Waals surface area contributed by atoms with Crippen LogP contribution in [-0.2, 0) is 14.3 Å². The van der Waals surface area contributed by atoms with Crippen LogP contribution in [0, 0.1) is 23.7 Å². The summed E-state index contributed by atoms with van der Waals surface area (Å²) in [6.07, 6.45) is 5.83. The molecule has 3 rings (SSSR count). The van der Waals surface area contributed by atoms with Crippen LogP contribution < -0.4 is 0 Å². The molecule has 3 aliphatic carbocycles. The number of fused-ring (bicyclic) bond motifs is 5. The Morgan fingerprint density at radius 2 is 1.57 bits per heavy atom. The van der Waals surface area contributed by atoms with E-state index in [1.807, 2.05) is 0 Å². The van der Waals surface area contributed by atoms with E-state index >= 15 is 0 Å². The van der Waals surface area contributed by atoms with Crippen LogP contribution >= 0.6 is 0 Å². The fraction of sp³-hybridized carbons (Fsp3) is 1.00. The third kappa shape index (κ3) is 1.48. The molecule has 2 bridgehead atoms. The van der Waals surface area contributed by atoms with E-state index in [2.05, 4.69) is 0 Å². The predicted octanol–water partition coefficient (Wildman–Crippen LogP) is 1.40. The van der Waals surface area contributed by atoms with Crippen molar-refractivity contribution in [1.82, 2.24) is 0 Å². The molecule has 3 nitrogen and oxygen atoms in total. The maximum atomic E-state index is 11.0. The van der Waals surface area contributed by atoms with Crippen LogP contribution in [0.25, 0.3) is 0 Å². The van der Waals surface area contributed by atoms with Gasteiger partial charge in [0.1, 0.15) is 0 Å². The molecule has 0 radical (unpaired) electrons. The fourth-order valence-electron chi connectivity index (χ4n) is 3.70. The van der Waals surface area contributed by atoms with Crippen molar-refractivity contribution in [1.29, 1.82) is 0 Å². The van der Waals surface area contributed by atoms with Gasteiger partial charge in [-0.3, -0.25) is 4.18 Å². The van der Waals surface area contributed by atoms with Crippen LogP contribution in [-0.4, -0.2) is 20.8 Å². The lowest BCUT2D eigenvalue weighted by Gasteiger charge is -2.29. The lowest BCUT2D eigenvalue weighted by Crippen LogP contribution is -2.27. The number of hydrogen-bond donors (Lipinski definition) is 0. The SMILES string of the molecule is CS(=O)(=O)OC1CC2CC(C1)[C@@H]1C[C@H]21. The molecule has 0 spiro atoms. The molecule has 0 aromatic heterocycles. The van der Waals surface area contributed by atoms with Gasteiger partial charge in [-0.2, -0.15) is 8.42 Å². The van der Waals surface area contributed by atoms with Gasteiger partial charge in [-0.05, 0) is 49.4 Å². The molecule has 14 heavy (non-hydrogen) atoms. The largest absolute Gasteiger partial charge is 0.267 e. The van der Waals surface area contributed by atoms with E-state index in [-0.39, 0.29) is 6.10 Å². The standard InChI is InChI=1S/C10H16O3S/c1-14(11,12)13-8-3-6-2-7(4-8)10-5-9(6)10/h6-10H,2-5H2,1H3/t6?,7?,8?,9-,10+. The summed E-state index contributed by atoms with van der Waals surface area (Å²) in [4.78, 5) is 0. The van der Waals surface area contributed by atoms with Gasteiger partial charge in [0.2, 0.25) is 0 Å². The molecule has 3 fully saturated rings. The highest BCUT2D eigenvalue weighted by atomic mass is 32.2. The van der Waals surface area contributed by atoms with E-state index in [1.165, 1.54) is 12.8 Å². The van der Waals surface area contributed by atoms with Crippen molar-refractivity contribution in [3.63, 3.8) is 0 Å². The van der Waals surface area contributed by atoms with E-state index in [1.54, 1.807) is 0 Å². The summed E-state index contributed by atoms with van der Waals surface area (Å²) in [5.41, 5.74) is 0. The molecule has 0 aliphatic heterocycles. The van der Waals surface area contributed by atoms with Crippen molar-refractivity contribution >= 4 is 10.1 Å². The fourth-order valence-corrected chi connectivity index (χ4v) is 4.35. The zero-order chi connectivity index (χ0) is 9.92. The van der Waals surface area contributed by atoms with Crippen LogP contribution in [0.1, 0.15) is 25.7 Å². The summed E-state index contributed by atoms with van der Waals surface area (Å²) in [7, 11) is -3.25. The van der Waals surface area contributed by atoms with Crippen LogP contribution in [0.3, 0.4) is 0 Å². The zero-order valence-corrected chi connectivity index (χ0v) is 9.16. The molecule has 80 valence electrons. The minimum Gasteiger partial charge on any atom is -0.267 e. The Labute approximate surface area is 85.0 Å². The van der Waals surface area contributed by atoms with Crippen molar-refractivity contribution in [2.75, 3.05) is 6.26 Å². The van der Waals surface area contributed by atoms with Crippen molar-refractivity contribution in [2.24, 2.45) is 23.7 Å². The van der Waals surface area contributed by atoms with Gasteiger partial charge in [-0.25, -0.2) is 0 Å². The maximum absolute atomic E-state index is 11.0. The van der Waals surface area contributed by atoms with E-state index in [4.69, 9.17) is 4.18 Å². The van der Waals surface area contributed by atoms with Gasteiger partial charge < -0.3 is 0 Å². The summed E-state index contributed by atoms with van der Waals surface area (Å²) in [5.74, 6) is 3.39. The summed E-state index contributed by atoms with van der Waals surface area (Å²) >= 11 is 0. The van der Waals surface area contributed by atoms with E-state index in [0.29, 0.717) is 0 Å². The van der Waals surface area contributed by atoms with Gasteiger partial charge in [0.05, 0.1) is 12.4 Å². The highest BCUT2D eigenvalue weighted by molar-refractivity contribution is 7.86. The van der Waals surface area contributed by atoms with Gasteiger partial charge in [0, 0.05) is 0 Å². The van der Waals surface area contributed by atoms with Crippen LogP contribution in [0.2, 0.25) is 0 Å². The van der Waals surface area contributed by atoms with E-state index < -0.39 is 10.1 Å². The summed E-state index contributed by atoms with van der Waals surface area (Å²) in [6.45, 7) is 0. The van der Waals surface area contributed by atoms with Crippen molar-refractivity contribution < 1.29 is 12.6 Å². The van der Waals surface area contributed by atoms with Crippen LogP contribution in [0.5, 0.6) is 0 Å². The van der Waals surface area contributed by atoms with Gasteiger partial charge in [0.25, 0.3) is 10.1 Å². The molecule has 0 amide bonds. The average Bonchev–Trinajstić information content (AvgIpc) is 2.73. The van der Waals surface area contributed by atoms with Crippen molar-refractivity contribution in [3.8, 4) is 0 Å². The third-order valence-electron chi connectivity index (χ3n) is 4.15. The molecule has 4 heteroatoms. The Morgan fingerprint density at radius 1 is 1.00 bits per heavy atom. The molecule has 0 N–H and O–H groups in total. The molecular formula is C10H16O3S. The lowest BCUT2D eigenvalue weighted by atomic mass is 9.82. The summed E-state index contributed by atoms with van der Waals surface area (Å²) in [5, 5.41) is 0. The Bertz CT molecular complexity index is 332. The molecule has 3 unspecified atom stereocenters. The first kappa shape index (κ1) is 9.16. The highest BCUT2D eigenvalue weighted by Crippen LogP contribution is 2.63. The van der Waals surface area contributed by atoms with Gasteiger partial charge in [-0.1, -0.05) is 0 Å². The second kappa shape index (κ2) is 2.73. The summed E-state index contributed by atoms with van der Waals surface area (Å²) < 4.78 is 27.1. The Kier molecular flexibility index (Phi) is 1.78. The molecular weight excluding hydrogens is 200 g/mol. The minimum absolute atomic E-state index is 0.0125. The maximum Gasteiger partial charge on any atom is 0.264 e. The topological polar surface area (TPSA) is 43.4 Å². The third-order valence-corrected chi connectivity index (χ3v) is 4.77.